The average Bonchev–Trinajstić information content (AvgIpc) is 3.44. The van der Waals surface area contributed by atoms with Crippen LogP contribution < -0.4 is 0 Å². The second-order valence-electron chi connectivity index (χ2n) is 8.59. The van der Waals surface area contributed by atoms with Crippen molar-refractivity contribution in [1.82, 2.24) is 35.4 Å². The molecular weight excluding hydrogens is 406 g/mol. The highest BCUT2D eigenvalue weighted by Gasteiger charge is 2.29. The van der Waals surface area contributed by atoms with Gasteiger partial charge in [0, 0.05) is 11.5 Å². The minimum absolute atomic E-state index is 0.0449. The Kier molecular flexibility index (Phi) is 5.99. The van der Waals surface area contributed by atoms with Gasteiger partial charge in [-0.25, -0.2) is 14.8 Å². The van der Waals surface area contributed by atoms with E-state index in [1.807, 2.05) is 22.9 Å². The Morgan fingerprint density at radius 1 is 1.06 bits per heavy atom. The van der Waals surface area contributed by atoms with E-state index in [2.05, 4.69) is 81.8 Å². The van der Waals surface area contributed by atoms with E-state index in [-0.39, 0.29) is 11.3 Å². The molecule has 7 nitrogen and oxygen atoms in total. The number of nitrogens with zero attached hydrogens (tertiary/aromatic N) is 6. The molecule has 1 N–H and O–H groups in total. The zero-order chi connectivity index (χ0) is 21.8. The highest BCUT2D eigenvalue weighted by atomic mass is 32.1. The summed E-state index contributed by atoms with van der Waals surface area (Å²) in [5, 5.41) is 20.6. The number of H-pyrrole nitrogens is 1. The molecule has 1 atom stereocenters. The van der Waals surface area contributed by atoms with Crippen molar-refractivity contribution in [2.75, 3.05) is 0 Å². The summed E-state index contributed by atoms with van der Waals surface area (Å²) in [6.45, 7) is 7.30. The third kappa shape index (κ3) is 4.59. The van der Waals surface area contributed by atoms with Crippen LogP contribution in [0.2, 0.25) is 0 Å². The molecule has 0 amide bonds. The number of tetrazole rings is 1. The highest BCUT2D eigenvalue weighted by molar-refractivity contribution is 7.78. The molecule has 1 unspecified atom stereocenters. The standard InChI is InChI=1S/C23H25N7S/c1-23(2,3)20(12-13-31)22-24-15-25-30(22)14-16-8-10-17(11-9-16)18-6-4-5-7-19(18)21-26-28-29-27-21/h4-11,13,15,20H,12,14H2,1-3H3,(H,26,27,28,29). The largest absolute Gasteiger partial charge is 0.245 e. The number of benzene rings is 2. The van der Waals surface area contributed by atoms with Crippen LogP contribution in [0.25, 0.3) is 22.5 Å². The van der Waals surface area contributed by atoms with Crippen molar-refractivity contribution < 1.29 is 0 Å². The smallest absolute Gasteiger partial charge is 0.180 e. The van der Waals surface area contributed by atoms with Gasteiger partial charge in [-0.05, 0) is 44.3 Å². The lowest BCUT2D eigenvalue weighted by Gasteiger charge is -2.29. The van der Waals surface area contributed by atoms with Crippen molar-refractivity contribution in [1.29, 1.82) is 0 Å². The Labute approximate surface area is 186 Å². The second kappa shape index (κ2) is 8.85. The number of aromatic nitrogens is 7. The summed E-state index contributed by atoms with van der Waals surface area (Å²) in [5.41, 5.74) is 4.34. The first-order chi connectivity index (χ1) is 15.0. The van der Waals surface area contributed by atoms with Gasteiger partial charge in [-0.3, -0.25) is 0 Å². The van der Waals surface area contributed by atoms with Gasteiger partial charge in [-0.1, -0.05) is 81.5 Å². The SMILES string of the molecule is CC(C)(C)C(CC=S)c1ncnn1Cc1ccc(-c2ccccc2-c2nnn[nH]2)cc1. The molecular formula is C23H25N7S. The van der Waals surface area contributed by atoms with Crippen molar-refractivity contribution in [3.63, 3.8) is 0 Å². The molecule has 2 heterocycles. The molecule has 0 fully saturated rings. The van der Waals surface area contributed by atoms with Crippen LogP contribution >= 0.6 is 12.2 Å². The Balaban J connectivity index is 1.60. The van der Waals surface area contributed by atoms with E-state index in [4.69, 9.17) is 12.2 Å². The lowest BCUT2D eigenvalue weighted by Crippen LogP contribution is -2.23. The molecule has 4 aromatic rings. The summed E-state index contributed by atoms with van der Waals surface area (Å²) in [6, 6.07) is 16.6. The van der Waals surface area contributed by atoms with E-state index < -0.39 is 0 Å². The normalized spacial score (nSPS) is 12.6. The number of hydrogen-bond acceptors (Lipinski definition) is 6. The summed E-state index contributed by atoms with van der Waals surface area (Å²) in [5.74, 6) is 1.84. The van der Waals surface area contributed by atoms with Crippen molar-refractivity contribution in [2.45, 2.75) is 39.7 Å². The predicted molar refractivity (Wildman–Crippen MR) is 125 cm³/mol. The summed E-state index contributed by atoms with van der Waals surface area (Å²) >= 11 is 5.15. The van der Waals surface area contributed by atoms with Crippen molar-refractivity contribution in [3.05, 3.63) is 66.2 Å². The number of nitrogens with one attached hydrogen (secondary N) is 1. The molecule has 158 valence electrons. The van der Waals surface area contributed by atoms with Crippen LogP contribution in [0.5, 0.6) is 0 Å². The van der Waals surface area contributed by atoms with Crippen molar-refractivity contribution in [3.8, 4) is 22.5 Å². The van der Waals surface area contributed by atoms with Crippen molar-refractivity contribution >= 4 is 17.6 Å². The summed E-state index contributed by atoms with van der Waals surface area (Å²) in [6.07, 6.45) is 2.43. The van der Waals surface area contributed by atoms with Gasteiger partial charge in [-0.2, -0.15) is 5.10 Å². The molecule has 2 aromatic carbocycles. The summed E-state index contributed by atoms with van der Waals surface area (Å²) < 4.78 is 1.98. The third-order valence-corrected chi connectivity index (χ3v) is 5.65. The van der Waals surface area contributed by atoms with E-state index in [9.17, 15) is 0 Å². The Hall–Kier alpha value is -3.26. The molecule has 0 saturated carbocycles. The zero-order valence-corrected chi connectivity index (χ0v) is 18.7. The van der Waals surface area contributed by atoms with Gasteiger partial charge in [-0.15, -0.1) is 5.10 Å². The number of hydrogen-bond donors (Lipinski definition) is 1. The van der Waals surface area contributed by atoms with E-state index in [1.54, 1.807) is 11.7 Å². The summed E-state index contributed by atoms with van der Waals surface area (Å²) in [4.78, 5) is 4.57. The molecule has 8 heteroatoms. The molecule has 0 aliphatic rings. The van der Waals surface area contributed by atoms with Crippen molar-refractivity contribution in [2.24, 2.45) is 5.41 Å². The first kappa shape index (κ1) is 21.0. The van der Waals surface area contributed by atoms with Crippen LogP contribution in [-0.2, 0) is 6.54 Å². The predicted octanol–water partition coefficient (Wildman–Crippen LogP) is 4.69. The van der Waals surface area contributed by atoms with Crippen LogP contribution in [0.3, 0.4) is 0 Å². The van der Waals surface area contributed by atoms with Crippen LogP contribution in [0, 0.1) is 5.41 Å². The Morgan fingerprint density at radius 3 is 2.45 bits per heavy atom. The van der Waals surface area contributed by atoms with Crippen LogP contribution in [0.4, 0.5) is 0 Å². The van der Waals surface area contributed by atoms with Crippen LogP contribution in [0.15, 0.2) is 54.9 Å². The highest BCUT2D eigenvalue weighted by Crippen LogP contribution is 2.36. The maximum absolute atomic E-state index is 5.15. The maximum Gasteiger partial charge on any atom is 0.180 e. The monoisotopic (exact) mass is 431 g/mol. The molecule has 4 rings (SSSR count). The van der Waals surface area contributed by atoms with Gasteiger partial charge in [0.25, 0.3) is 0 Å². The second-order valence-corrected chi connectivity index (χ2v) is 8.92. The third-order valence-electron chi connectivity index (χ3n) is 5.46. The molecule has 0 bridgehead atoms. The molecule has 2 aromatic heterocycles. The zero-order valence-electron chi connectivity index (χ0n) is 17.9. The Bertz CT molecular complexity index is 1140. The lowest BCUT2D eigenvalue weighted by molar-refractivity contribution is 0.307. The van der Waals surface area contributed by atoms with Gasteiger partial charge >= 0.3 is 0 Å². The maximum atomic E-state index is 5.15. The molecule has 31 heavy (non-hydrogen) atoms. The fourth-order valence-corrected chi connectivity index (χ4v) is 3.98. The summed E-state index contributed by atoms with van der Waals surface area (Å²) in [7, 11) is 0. The topological polar surface area (TPSA) is 85.2 Å². The van der Waals surface area contributed by atoms with Crippen LogP contribution in [0.1, 0.15) is 44.5 Å². The minimum Gasteiger partial charge on any atom is -0.245 e. The van der Waals surface area contributed by atoms with Gasteiger partial charge in [0.05, 0.1) is 6.54 Å². The minimum atomic E-state index is 0.0449. The fourth-order valence-electron chi connectivity index (χ4n) is 3.78. The van der Waals surface area contributed by atoms with Crippen LogP contribution in [-0.4, -0.2) is 40.8 Å². The molecule has 0 aliphatic heterocycles. The number of aromatic amines is 1. The fraction of sp³-hybridized carbons (Fsp3) is 0.304. The average molecular weight is 432 g/mol. The molecule has 0 aliphatic carbocycles. The van der Waals surface area contributed by atoms with E-state index in [0.717, 1.165) is 34.5 Å². The van der Waals surface area contributed by atoms with Gasteiger partial charge in [0.2, 0.25) is 0 Å². The lowest BCUT2D eigenvalue weighted by atomic mass is 9.78. The molecule has 0 radical (unpaired) electrons. The number of rotatable bonds is 7. The van der Waals surface area contributed by atoms with Gasteiger partial charge in [0.15, 0.2) is 5.82 Å². The first-order valence-electron chi connectivity index (χ1n) is 10.2. The number of thiocarbonyl (C=S) groups is 1. The quantitative estimate of drug-likeness (QED) is 0.427. The van der Waals surface area contributed by atoms with Gasteiger partial charge < -0.3 is 0 Å². The molecule has 0 saturated heterocycles. The first-order valence-corrected chi connectivity index (χ1v) is 10.7. The van der Waals surface area contributed by atoms with E-state index >= 15 is 0 Å². The molecule has 0 spiro atoms. The Morgan fingerprint density at radius 2 is 1.81 bits per heavy atom. The van der Waals surface area contributed by atoms with E-state index in [0.29, 0.717) is 12.4 Å². The van der Waals surface area contributed by atoms with Gasteiger partial charge in [0.1, 0.15) is 12.2 Å². The van der Waals surface area contributed by atoms with E-state index in [1.165, 1.54) is 0 Å².